The van der Waals surface area contributed by atoms with Crippen LogP contribution in [0.5, 0.6) is 0 Å². The summed E-state index contributed by atoms with van der Waals surface area (Å²) in [5.74, 6) is 1.87. The molecule has 27 heavy (non-hydrogen) atoms. The lowest BCUT2D eigenvalue weighted by molar-refractivity contribution is 0.0532. The summed E-state index contributed by atoms with van der Waals surface area (Å²) < 4.78 is 23.7. The van der Waals surface area contributed by atoms with Crippen LogP contribution in [0.1, 0.15) is 26.7 Å². The van der Waals surface area contributed by atoms with Crippen molar-refractivity contribution in [2.75, 3.05) is 13.6 Å². The van der Waals surface area contributed by atoms with Crippen LogP contribution in [0.25, 0.3) is 0 Å². The van der Waals surface area contributed by atoms with Crippen molar-refractivity contribution in [2.45, 2.75) is 66.0 Å². The summed E-state index contributed by atoms with van der Waals surface area (Å²) in [6.07, 6.45) is 10.6. The highest BCUT2D eigenvalue weighted by molar-refractivity contribution is 6.70. The molecule has 0 fully saturated rings. The molecule has 0 saturated carbocycles. The van der Waals surface area contributed by atoms with Gasteiger partial charge in [0.05, 0.1) is 0 Å². The van der Waals surface area contributed by atoms with Crippen LogP contribution in [0.3, 0.4) is 0 Å². The van der Waals surface area contributed by atoms with Crippen LogP contribution in [0, 0.1) is 5.41 Å². The Labute approximate surface area is 167 Å². The zero-order chi connectivity index (χ0) is 20.3. The van der Waals surface area contributed by atoms with Gasteiger partial charge in [0.15, 0.2) is 30.2 Å². The molecule has 0 radical (unpaired) electrons. The zero-order valence-corrected chi connectivity index (χ0v) is 20.3. The Balaban J connectivity index is 2.02. The maximum atomic E-state index is 6.00. The van der Waals surface area contributed by atoms with E-state index < -0.39 is 16.6 Å². The minimum Gasteiger partial charge on any atom is -0.469 e. The largest absolute Gasteiger partial charge is 0.469 e. The van der Waals surface area contributed by atoms with Crippen molar-refractivity contribution in [3.63, 3.8) is 0 Å². The first-order valence-electron chi connectivity index (χ1n) is 9.76. The van der Waals surface area contributed by atoms with Gasteiger partial charge >= 0.3 is 0 Å². The lowest BCUT2D eigenvalue weighted by Crippen LogP contribution is -2.28. The standard InChI is InChI=1S/C21H36O4Si2/c1-21(2,17-11-9-13-19(17)22-15-24-26(3,4)5)18-12-10-14-20(18)23-16-25-27(6,7)8/h11-14H,9-10,15-16H2,1-8H3. The Morgan fingerprint density at radius 2 is 1.07 bits per heavy atom. The first kappa shape index (κ1) is 22.2. The van der Waals surface area contributed by atoms with E-state index in [1.165, 1.54) is 11.1 Å². The monoisotopic (exact) mass is 408 g/mol. The van der Waals surface area contributed by atoms with Crippen LogP contribution in [0.4, 0.5) is 0 Å². The van der Waals surface area contributed by atoms with Gasteiger partial charge in [-0.1, -0.05) is 26.0 Å². The van der Waals surface area contributed by atoms with E-state index in [1.54, 1.807) is 0 Å². The van der Waals surface area contributed by atoms with E-state index in [-0.39, 0.29) is 5.41 Å². The summed E-state index contributed by atoms with van der Waals surface area (Å²) >= 11 is 0. The first-order chi connectivity index (χ1) is 12.4. The molecule has 0 heterocycles. The predicted octanol–water partition coefficient (Wildman–Crippen LogP) is 6.09. The van der Waals surface area contributed by atoms with Gasteiger partial charge in [0.2, 0.25) is 0 Å². The van der Waals surface area contributed by atoms with Crippen molar-refractivity contribution in [2.24, 2.45) is 5.41 Å². The molecule has 2 aliphatic carbocycles. The summed E-state index contributed by atoms with van der Waals surface area (Å²) in [6, 6.07) is 0. The van der Waals surface area contributed by atoms with Crippen LogP contribution in [-0.4, -0.2) is 30.2 Å². The highest BCUT2D eigenvalue weighted by Gasteiger charge is 2.36. The minimum atomic E-state index is -1.59. The second-order valence-corrected chi connectivity index (χ2v) is 18.5. The normalized spacial score (nSPS) is 18.1. The number of allylic oxidation sites excluding steroid dienone is 6. The SMILES string of the molecule is CC(C)(C1=CCC=C1OCO[Si](C)(C)C)C1=CCC=C1OCO[Si](C)(C)C. The van der Waals surface area contributed by atoms with E-state index in [2.05, 4.69) is 77.4 Å². The van der Waals surface area contributed by atoms with E-state index in [0.29, 0.717) is 13.6 Å². The van der Waals surface area contributed by atoms with Gasteiger partial charge in [-0.3, -0.25) is 0 Å². The predicted molar refractivity (Wildman–Crippen MR) is 116 cm³/mol. The van der Waals surface area contributed by atoms with Crippen molar-refractivity contribution in [1.82, 2.24) is 0 Å². The van der Waals surface area contributed by atoms with Crippen molar-refractivity contribution in [3.8, 4) is 0 Å². The highest BCUT2D eigenvalue weighted by Crippen LogP contribution is 2.46. The molecule has 0 aliphatic heterocycles. The molecule has 0 unspecified atom stereocenters. The second-order valence-electron chi connectivity index (χ2n) is 9.51. The first-order valence-corrected chi connectivity index (χ1v) is 16.6. The van der Waals surface area contributed by atoms with Crippen LogP contribution >= 0.6 is 0 Å². The Hall–Kier alpha value is -1.09. The fourth-order valence-corrected chi connectivity index (χ4v) is 3.90. The summed E-state index contributed by atoms with van der Waals surface area (Å²) in [7, 11) is -3.17. The molecular formula is C21H36O4Si2. The quantitative estimate of drug-likeness (QED) is 0.324. The van der Waals surface area contributed by atoms with Crippen LogP contribution < -0.4 is 0 Å². The van der Waals surface area contributed by atoms with Gasteiger partial charge in [-0.15, -0.1) is 0 Å². The molecule has 0 atom stereocenters. The molecule has 0 aromatic heterocycles. The third-order valence-corrected chi connectivity index (χ3v) is 6.51. The van der Waals surface area contributed by atoms with Crippen molar-refractivity contribution in [3.05, 3.63) is 47.0 Å². The molecule has 0 aromatic rings. The molecule has 4 nitrogen and oxygen atoms in total. The fourth-order valence-electron chi connectivity index (χ4n) is 3.07. The molecule has 0 amide bonds. The molecule has 6 heteroatoms. The van der Waals surface area contributed by atoms with Crippen molar-refractivity contribution in [1.29, 1.82) is 0 Å². The third kappa shape index (κ3) is 6.48. The van der Waals surface area contributed by atoms with Gasteiger partial charge in [0, 0.05) is 16.6 Å². The van der Waals surface area contributed by atoms with Crippen LogP contribution in [-0.2, 0) is 18.3 Å². The van der Waals surface area contributed by atoms with Gasteiger partial charge < -0.3 is 18.3 Å². The van der Waals surface area contributed by atoms with Crippen molar-refractivity contribution < 1.29 is 18.3 Å². The van der Waals surface area contributed by atoms with Gasteiger partial charge in [-0.2, -0.15) is 0 Å². The van der Waals surface area contributed by atoms with E-state index >= 15 is 0 Å². The summed E-state index contributed by atoms with van der Waals surface area (Å²) in [4.78, 5) is 0. The Morgan fingerprint density at radius 3 is 1.41 bits per heavy atom. The number of hydrogen-bond acceptors (Lipinski definition) is 4. The molecule has 152 valence electrons. The number of hydrogen-bond donors (Lipinski definition) is 0. The van der Waals surface area contributed by atoms with Crippen LogP contribution in [0.15, 0.2) is 47.0 Å². The Morgan fingerprint density at radius 1 is 0.704 bits per heavy atom. The van der Waals surface area contributed by atoms with Gasteiger partial charge in [0.1, 0.15) is 11.5 Å². The summed E-state index contributed by atoms with van der Waals surface area (Å²) in [5, 5.41) is 0. The third-order valence-electron chi connectivity index (χ3n) is 4.54. The molecule has 0 saturated heterocycles. The van der Waals surface area contributed by atoms with E-state index in [1.807, 2.05) is 0 Å². The Kier molecular flexibility index (Phi) is 7.00. The van der Waals surface area contributed by atoms with Crippen LogP contribution in [0.2, 0.25) is 39.3 Å². The molecular weight excluding hydrogens is 372 g/mol. The average molecular weight is 409 g/mol. The fraction of sp³-hybridized carbons (Fsp3) is 0.619. The second kappa shape index (κ2) is 8.51. The minimum absolute atomic E-state index is 0.191. The van der Waals surface area contributed by atoms with Crippen molar-refractivity contribution >= 4 is 16.6 Å². The molecule has 2 aliphatic rings. The van der Waals surface area contributed by atoms with E-state index in [9.17, 15) is 0 Å². The molecule has 0 N–H and O–H groups in total. The highest BCUT2D eigenvalue weighted by atomic mass is 28.4. The molecule has 0 spiro atoms. The molecule has 0 aromatic carbocycles. The topological polar surface area (TPSA) is 36.9 Å². The smallest absolute Gasteiger partial charge is 0.188 e. The number of rotatable bonds is 10. The lowest BCUT2D eigenvalue weighted by atomic mass is 9.76. The average Bonchev–Trinajstić information content (AvgIpc) is 3.14. The zero-order valence-electron chi connectivity index (χ0n) is 18.3. The Bertz CT molecular complexity index is 603. The number of ether oxygens (including phenoxy) is 2. The summed E-state index contributed by atoms with van der Waals surface area (Å²) in [6.45, 7) is 18.1. The van der Waals surface area contributed by atoms with Gasteiger partial charge in [-0.25, -0.2) is 0 Å². The molecule has 0 bridgehead atoms. The van der Waals surface area contributed by atoms with Gasteiger partial charge in [-0.05, 0) is 64.3 Å². The maximum absolute atomic E-state index is 6.00. The van der Waals surface area contributed by atoms with Gasteiger partial charge in [0.25, 0.3) is 0 Å². The lowest BCUT2D eigenvalue weighted by Gasteiger charge is -2.32. The molecule has 2 rings (SSSR count). The van der Waals surface area contributed by atoms with E-state index in [4.69, 9.17) is 18.3 Å². The summed E-state index contributed by atoms with van der Waals surface area (Å²) in [5.41, 5.74) is 2.22. The van der Waals surface area contributed by atoms with E-state index in [0.717, 1.165) is 24.4 Å². The maximum Gasteiger partial charge on any atom is 0.188 e.